The summed E-state index contributed by atoms with van der Waals surface area (Å²) < 4.78 is 27.8. The van der Waals surface area contributed by atoms with E-state index in [-0.39, 0.29) is 11.4 Å². The first kappa shape index (κ1) is 14.6. The Labute approximate surface area is 111 Å². The number of hydrogen-bond acceptors (Lipinski definition) is 3. The molecule has 0 heterocycles. The summed E-state index contributed by atoms with van der Waals surface area (Å²) in [5.41, 5.74) is 5.56. The van der Waals surface area contributed by atoms with Gasteiger partial charge < -0.3 is 5.73 Å². The molecule has 0 amide bonds. The van der Waals surface area contributed by atoms with Crippen molar-refractivity contribution in [1.82, 2.24) is 4.72 Å². The summed E-state index contributed by atoms with van der Waals surface area (Å²) in [6, 6.07) is 5.05. The predicted molar refractivity (Wildman–Crippen MR) is 72.3 cm³/mol. The first-order chi connectivity index (χ1) is 7.68. The lowest BCUT2D eigenvalue weighted by atomic mass is 10.1. The summed E-state index contributed by atoms with van der Waals surface area (Å²) in [6.45, 7) is 5.49. The molecule has 1 rings (SSSR count). The molecule has 96 valence electrons. The maximum Gasteiger partial charge on any atom is 0.241 e. The average Bonchev–Trinajstić information content (AvgIpc) is 2.15. The second kappa shape index (κ2) is 5.06. The molecule has 0 saturated heterocycles. The summed E-state index contributed by atoms with van der Waals surface area (Å²) in [5.74, 6) is 0. The molecule has 6 heteroatoms. The quantitative estimate of drug-likeness (QED) is 0.888. The molecule has 0 aliphatic heterocycles. The van der Waals surface area contributed by atoms with Gasteiger partial charge in [-0.05, 0) is 44.5 Å². The number of nitrogens with one attached hydrogen (secondary N) is 1. The van der Waals surface area contributed by atoms with E-state index < -0.39 is 15.6 Å². The third-order valence-corrected chi connectivity index (χ3v) is 4.70. The minimum atomic E-state index is -3.53. The Morgan fingerprint density at radius 3 is 2.47 bits per heavy atom. The standard InChI is InChI=1S/C11H17BrN2O2S/c1-8-6-9(12)4-5-10(8)17(15,16)14-11(2,3)7-13/h4-6,14H,7,13H2,1-3H3. The molecule has 0 bridgehead atoms. The fraction of sp³-hybridized carbons (Fsp3) is 0.455. The second-order valence-corrected chi connectivity index (χ2v) is 7.17. The molecule has 0 spiro atoms. The normalized spacial score (nSPS) is 12.8. The van der Waals surface area contributed by atoms with Crippen LogP contribution < -0.4 is 10.5 Å². The zero-order chi connectivity index (χ0) is 13.3. The smallest absolute Gasteiger partial charge is 0.241 e. The average molecular weight is 321 g/mol. The minimum absolute atomic E-state index is 0.238. The maximum atomic E-state index is 12.2. The lowest BCUT2D eigenvalue weighted by Gasteiger charge is -2.24. The van der Waals surface area contributed by atoms with Crippen molar-refractivity contribution in [3.63, 3.8) is 0 Å². The first-order valence-corrected chi connectivity index (χ1v) is 7.46. The van der Waals surface area contributed by atoms with E-state index in [2.05, 4.69) is 20.7 Å². The third kappa shape index (κ3) is 3.77. The van der Waals surface area contributed by atoms with Crippen LogP contribution in [0.1, 0.15) is 19.4 Å². The van der Waals surface area contributed by atoms with Crippen LogP contribution in [0.3, 0.4) is 0 Å². The van der Waals surface area contributed by atoms with Gasteiger partial charge in [-0.15, -0.1) is 0 Å². The Hall–Kier alpha value is -0.430. The van der Waals surface area contributed by atoms with Gasteiger partial charge in [0.25, 0.3) is 0 Å². The largest absolute Gasteiger partial charge is 0.329 e. The predicted octanol–water partition coefficient (Wildman–Crippen LogP) is 1.77. The van der Waals surface area contributed by atoms with Crippen molar-refractivity contribution in [2.24, 2.45) is 5.73 Å². The van der Waals surface area contributed by atoms with Gasteiger partial charge in [-0.25, -0.2) is 13.1 Å². The molecule has 0 unspecified atom stereocenters. The Morgan fingerprint density at radius 1 is 1.41 bits per heavy atom. The van der Waals surface area contributed by atoms with E-state index in [1.54, 1.807) is 39.0 Å². The van der Waals surface area contributed by atoms with E-state index >= 15 is 0 Å². The minimum Gasteiger partial charge on any atom is -0.329 e. The van der Waals surface area contributed by atoms with Crippen LogP contribution in [0.25, 0.3) is 0 Å². The number of hydrogen-bond donors (Lipinski definition) is 2. The molecule has 0 radical (unpaired) electrons. The van der Waals surface area contributed by atoms with E-state index in [0.717, 1.165) is 4.47 Å². The van der Waals surface area contributed by atoms with Gasteiger partial charge in [0.15, 0.2) is 0 Å². The van der Waals surface area contributed by atoms with Crippen molar-refractivity contribution in [3.8, 4) is 0 Å². The molecular weight excluding hydrogens is 304 g/mol. The highest BCUT2D eigenvalue weighted by Gasteiger charge is 2.25. The maximum absolute atomic E-state index is 12.2. The summed E-state index contributed by atoms with van der Waals surface area (Å²) in [7, 11) is -3.53. The highest BCUT2D eigenvalue weighted by atomic mass is 79.9. The van der Waals surface area contributed by atoms with E-state index in [1.807, 2.05) is 0 Å². The third-order valence-electron chi connectivity index (χ3n) is 2.35. The van der Waals surface area contributed by atoms with E-state index in [1.165, 1.54) is 0 Å². The van der Waals surface area contributed by atoms with Crippen LogP contribution >= 0.6 is 15.9 Å². The summed E-state index contributed by atoms with van der Waals surface area (Å²) in [6.07, 6.45) is 0. The van der Waals surface area contributed by atoms with Crippen LogP contribution in [0.2, 0.25) is 0 Å². The molecule has 0 aromatic heterocycles. The molecule has 1 aromatic rings. The topological polar surface area (TPSA) is 72.2 Å². The summed E-state index contributed by atoms with van der Waals surface area (Å²) >= 11 is 3.30. The molecule has 4 nitrogen and oxygen atoms in total. The van der Waals surface area contributed by atoms with Crippen LogP contribution in [0.5, 0.6) is 0 Å². The summed E-state index contributed by atoms with van der Waals surface area (Å²) in [5, 5.41) is 0. The molecular formula is C11H17BrN2O2S. The van der Waals surface area contributed by atoms with Gasteiger partial charge in [-0.2, -0.15) is 0 Å². The van der Waals surface area contributed by atoms with Gasteiger partial charge in [-0.1, -0.05) is 15.9 Å². The number of rotatable bonds is 4. The Kier molecular flexibility index (Phi) is 4.35. The fourth-order valence-corrected chi connectivity index (χ4v) is 3.50. The van der Waals surface area contributed by atoms with Crippen LogP contribution in [0, 0.1) is 6.92 Å². The highest BCUT2D eigenvalue weighted by Crippen LogP contribution is 2.21. The number of benzene rings is 1. The Balaban J connectivity index is 3.14. The van der Waals surface area contributed by atoms with Crippen LogP contribution in [0.4, 0.5) is 0 Å². The van der Waals surface area contributed by atoms with Gasteiger partial charge in [0, 0.05) is 16.6 Å². The van der Waals surface area contributed by atoms with E-state index in [9.17, 15) is 8.42 Å². The van der Waals surface area contributed by atoms with Crippen molar-refractivity contribution in [2.75, 3.05) is 6.54 Å². The van der Waals surface area contributed by atoms with Gasteiger partial charge >= 0.3 is 0 Å². The molecule has 0 aliphatic carbocycles. The molecule has 0 saturated carbocycles. The fourth-order valence-electron chi connectivity index (χ4n) is 1.37. The van der Waals surface area contributed by atoms with Crippen molar-refractivity contribution in [1.29, 1.82) is 0 Å². The van der Waals surface area contributed by atoms with E-state index in [4.69, 9.17) is 5.73 Å². The van der Waals surface area contributed by atoms with Crippen molar-refractivity contribution in [3.05, 3.63) is 28.2 Å². The number of sulfonamides is 1. The number of halogens is 1. The van der Waals surface area contributed by atoms with Gasteiger partial charge in [0.2, 0.25) is 10.0 Å². The monoisotopic (exact) mass is 320 g/mol. The van der Waals surface area contributed by atoms with Gasteiger partial charge in [0.05, 0.1) is 4.90 Å². The summed E-state index contributed by atoms with van der Waals surface area (Å²) in [4.78, 5) is 0.280. The Morgan fingerprint density at radius 2 is 2.00 bits per heavy atom. The van der Waals surface area contributed by atoms with Gasteiger partial charge in [-0.3, -0.25) is 0 Å². The first-order valence-electron chi connectivity index (χ1n) is 5.18. The van der Waals surface area contributed by atoms with Crippen molar-refractivity contribution >= 4 is 26.0 Å². The highest BCUT2D eigenvalue weighted by molar-refractivity contribution is 9.10. The molecule has 3 N–H and O–H groups in total. The number of aryl methyl sites for hydroxylation is 1. The molecule has 0 fully saturated rings. The number of nitrogens with two attached hydrogens (primary N) is 1. The lowest BCUT2D eigenvalue weighted by molar-refractivity contribution is 0.462. The lowest BCUT2D eigenvalue weighted by Crippen LogP contribution is -2.48. The zero-order valence-corrected chi connectivity index (χ0v) is 12.5. The van der Waals surface area contributed by atoms with E-state index in [0.29, 0.717) is 5.56 Å². The van der Waals surface area contributed by atoms with Crippen LogP contribution in [0.15, 0.2) is 27.6 Å². The Bertz CT molecular complexity index is 512. The van der Waals surface area contributed by atoms with Gasteiger partial charge in [0.1, 0.15) is 0 Å². The zero-order valence-electron chi connectivity index (χ0n) is 10.1. The molecule has 17 heavy (non-hydrogen) atoms. The molecule has 0 aliphatic rings. The second-order valence-electron chi connectivity index (χ2n) is 4.60. The van der Waals surface area contributed by atoms with Crippen LogP contribution in [-0.4, -0.2) is 20.5 Å². The van der Waals surface area contributed by atoms with Crippen molar-refractivity contribution < 1.29 is 8.42 Å². The molecule has 0 atom stereocenters. The van der Waals surface area contributed by atoms with Crippen LogP contribution in [-0.2, 0) is 10.0 Å². The SMILES string of the molecule is Cc1cc(Br)ccc1S(=O)(=O)NC(C)(C)CN. The van der Waals surface area contributed by atoms with Crippen molar-refractivity contribution in [2.45, 2.75) is 31.2 Å². The molecule has 1 aromatic carbocycles.